The highest BCUT2D eigenvalue weighted by Gasteiger charge is 2.05. The van der Waals surface area contributed by atoms with Crippen LogP contribution < -0.4 is 5.32 Å². The van der Waals surface area contributed by atoms with Crippen LogP contribution in [0.3, 0.4) is 0 Å². The van der Waals surface area contributed by atoms with Gasteiger partial charge in [0.1, 0.15) is 0 Å². The van der Waals surface area contributed by atoms with Gasteiger partial charge in [0, 0.05) is 30.7 Å². The number of amides is 1. The number of nitrogens with zero attached hydrogens (tertiary/aromatic N) is 1. The molecule has 0 aliphatic carbocycles. The third-order valence-corrected chi connectivity index (χ3v) is 4.38. The Morgan fingerprint density at radius 2 is 1.79 bits per heavy atom. The number of rotatable bonds is 7. The van der Waals surface area contributed by atoms with Crippen LogP contribution in [0.4, 0.5) is 0 Å². The highest BCUT2D eigenvalue weighted by atomic mass is 16.1. The van der Waals surface area contributed by atoms with E-state index in [-0.39, 0.29) is 5.91 Å². The molecule has 124 valence electrons. The van der Waals surface area contributed by atoms with E-state index in [9.17, 15) is 4.79 Å². The zero-order valence-electron chi connectivity index (χ0n) is 14.2. The molecule has 3 rings (SSSR count). The maximum atomic E-state index is 11.9. The van der Waals surface area contributed by atoms with Gasteiger partial charge in [0.25, 0.3) is 0 Å². The molecule has 0 bridgehead atoms. The summed E-state index contributed by atoms with van der Waals surface area (Å²) >= 11 is 0. The molecule has 0 aliphatic heterocycles. The average Bonchev–Trinajstić information content (AvgIpc) is 2.93. The van der Waals surface area contributed by atoms with Gasteiger partial charge in [0.15, 0.2) is 0 Å². The summed E-state index contributed by atoms with van der Waals surface area (Å²) in [6.45, 7) is 3.79. The molecule has 0 saturated heterocycles. The Bertz CT molecular complexity index is 805. The lowest BCUT2D eigenvalue weighted by atomic mass is 10.1. The van der Waals surface area contributed by atoms with Crippen LogP contribution >= 0.6 is 0 Å². The fraction of sp³-hybridized carbons (Fsp3) is 0.286. The van der Waals surface area contributed by atoms with Crippen LogP contribution in [0.1, 0.15) is 24.1 Å². The molecule has 0 spiro atoms. The standard InChI is InChI=1S/C21H24N2O/c1-17-16-19-10-5-6-11-20(19)23(17)15-7-14-22-21(24)13-12-18-8-3-2-4-9-18/h2-6,8-11,16H,7,12-15H2,1H3,(H,22,24). The smallest absolute Gasteiger partial charge is 0.220 e. The summed E-state index contributed by atoms with van der Waals surface area (Å²) in [4.78, 5) is 11.9. The Morgan fingerprint density at radius 1 is 1.04 bits per heavy atom. The van der Waals surface area contributed by atoms with Crippen LogP contribution in [0, 0.1) is 6.92 Å². The summed E-state index contributed by atoms with van der Waals surface area (Å²) in [5, 5.41) is 4.31. The monoisotopic (exact) mass is 320 g/mol. The summed E-state index contributed by atoms with van der Waals surface area (Å²) in [5.41, 5.74) is 3.75. The van der Waals surface area contributed by atoms with Crippen molar-refractivity contribution >= 4 is 16.8 Å². The van der Waals surface area contributed by atoms with Gasteiger partial charge >= 0.3 is 0 Å². The second-order valence-corrected chi connectivity index (χ2v) is 6.19. The minimum Gasteiger partial charge on any atom is -0.356 e. The van der Waals surface area contributed by atoms with Gasteiger partial charge in [0.2, 0.25) is 5.91 Å². The van der Waals surface area contributed by atoms with E-state index in [1.54, 1.807) is 0 Å². The van der Waals surface area contributed by atoms with E-state index >= 15 is 0 Å². The van der Waals surface area contributed by atoms with E-state index in [1.165, 1.54) is 22.2 Å². The Balaban J connectivity index is 1.43. The fourth-order valence-corrected chi connectivity index (χ4v) is 3.10. The van der Waals surface area contributed by atoms with Gasteiger partial charge in [-0.05, 0) is 42.8 Å². The van der Waals surface area contributed by atoms with Crippen molar-refractivity contribution in [3.05, 3.63) is 71.9 Å². The number of carbonyl (C=O) groups excluding carboxylic acids is 1. The number of benzene rings is 2. The van der Waals surface area contributed by atoms with Gasteiger partial charge in [-0.2, -0.15) is 0 Å². The number of para-hydroxylation sites is 1. The number of carbonyl (C=O) groups is 1. The lowest BCUT2D eigenvalue weighted by Gasteiger charge is -2.09. The summed E-state index contributed by atoms with van der Waals surface area (Å²) in [5.74, 6) is 0.132. The van der Waals surface area contributed by atoms with E-state index in [0.29, 0.717) is 6.42 Å². The predicted molar refractivity (Wildman–Crippen MR) is 99.1 cm³/mol. The lowest BCUT2D eigenvalue weighted by Crippen LogP contribution is -2.25. The SMILES string of the molecule is Cc1cc2ccccc2n1CCCNC(=O)CCc1ccccc1. The molecule has 0 radical (unpaired) electrons. The maximum Gasteiger partial charge on any atom is 0.220 e. The van der Waals surface area contributed by atoms with E-state index in [1.807, 2.05) is 18.2 Å². The minimum absolute atomic E-state index is 0.132. The summed E-state index contributed by atoms with van der Waals surface area (Å²) in [6, 6.07) is 20.8. The summed E-state index contributed by atoms with van der Waals surface area (Å²) < 4.78 is 2.32. The largest absolute Gasteiger partial charge is 0.356 e. The zero-order chi connectivity index (χ0) is 16.8. The van der Waals surface area contributed by atoms with Crippen LogP contribution in [-0.4, -0.2) is 17.0 Å². The molecule has 3 aromatic rings. The summed E-state index contributed by atoms with van der Waals surface area (Å²) in [6.07, 6.45) is 2.29. The minimum atomic E-state index is 0.132. The first-order chi connectivity index (χ1) is 11.7. The van der Waals surface area contributed by atoms with Crippen molar-refractivity contribution in [3.8, 4) is 0 Å². The van der Waals surface area contributed by atoms with Gasteiger partial charge < -0.3 is 9.88 Å². The molecule has 1 N–H and O–H groups in total. The first-order valence-electron chi connectivity index (χ1n) is 8.59. The Kier molecular flexibility index (Phi) is 5.32. The highest BCUT2D eigenvalue weighted by Crippen LogP contribution is 2.19. The van der Waals surface area contributed by atoms with Gasteiger partial charge in [-0.3, -0.25) is 4.79 Å². The quantitative estimate of drug-likeness (QED) is 0.654. The van der Waals surface area contributed by atoms with Crippen molar-refractivity contribution in [2.75, 3.05) is 6.54 Å². The van der Waals surface area contributed by atoms with Crippen LogP contribution in [0.25, 0.3) is 10.9 Å². The molecule has 1 heterocycles. The molecule has 0 atom stereocenters. The Labute approximate surface area is 143 Å². The zero-order valence-corrected chi connectivity index (χ0v) is 14.2. The molecule has 24 heavy (non-hydrogen) atoms. The van der Waals surface area contributed by atoms with E-state index < -0.39 is 0 Å². The first-order valence-corrected chi connectivity index (χ1v) is 8.59. The fourth-order valence-electron chi connectivity index (χ4n) is 3.10. The maximum absolute atomic E-state index is 11.9. The predicted octanol–water partition coefficient (Wildman–Crippen LogP) is 4.09. The lowest BCUT2D eigenvalue weighted by molar-refractivity contribution is -0.121. The van der Waals surface area contributed by atoms with Crippen molar-refractivity contribution in [2.24, 2.45) is 0 Å². The van der Waals surface area contributed by atoms with Crippen molar-refractivity contribution in [1.29, 1.82) is 0 Å². The molecule has 1 amide bonds. The third-order valence-electron chi connectivity index (χ3n) is 4.38. The number of hydrogen-bond donors (Lipinski definition) is 1. The first kappa shape index (κ1) is 16.3. The highest BCUT2D eigenvalue weighted by molar-refractivity contribution is 5.81. The van der Waals surface area contributed by atoms with E-state index in [0.717, 1.165) is 25.9 Å². The van der Waals surface area contributed by atoms with Crippen molar-refractivity contribution in [1.82, 2.24) is 9.88 Å². The van der Waals surface area contributed by atoms with Crippen molar-refractivity contribution in [2.45, 2.75) is 32.7 Å². The van der Waals surface area contributed by atoms with Gasteiger partial charge in [-0.15, -0.1) is 0 Å². The number of aromatic nitrogens is 1. The molecule has 3 heteroatoms. The molecule has 1 aromatic heterocycles. The normalized spacial score (nSPS) is 10.9. The Hall–Kier alpha value is -2.55. The van der Waals surface area contributed by atoms with Gasteiger partial charge in [-0.1, -0.05) is 48.5 Å². The van der Waals surface area contributed by atoms with Gasteiger partial charge in [-0.25, -0.2) is 0 Å². The summed E-state index contributed by atoms with van der Waals surface area (Å²) in [7, 11) is 0. The number of fused-ring (bicyclic) bond motifs is 1. The molecule has 3 nitrogen and oxygen atoms in total. The number of hydrogen-bond acceptors (Lipinski definition) is 1. The number of nitrogens with one attached hydrogen (secondary N) is 1. The second-order valence-electron chi connectivity index (χ2n) is 6.19. The topological polar surface area (TPSA) is 34.0 Å². The number of aryl methyl sites for hydroxylation is 3. The van der Waals surface area contributed by atoms with E-state index in [4.69, 9.17) is 0 Å². The molecule has 0 saturated carbocycles. The van der Waals surface area contributed by atoms with Crippen LogP contribution in [0.2, 0.25) is 0 Å². The molecular weight excluding hydrogens is 296 g/mol. The van der Waals surface area contributed by atoms with Crippen molar-refractivity contribution in [3.63, 3.8) is 0 Å². The third kappa shape index (κ3) is 4.05. The van der Waals surface area contributed by atoms with Crippen LogP contribution in [-0.2, 0) is 17.8 Å². The molecule has 0 aliphatic rings. The van der Waals surface area contributed by atoms with E-state index in [2.05, 4.69) is 59.3 Å². The van der Waals surface area contributed by atoms with Crippen molar-refractivity contribution < 1.29 is 4.79 Å². The van der Waals surface area contributed by atoms with Crippen LogP contribution in [0.15, 0.2) is 60.7 Å². The average molecular weight is 320 g/mol. The Morgan fingerprint density at radius 3 is 2.62 bits per heavy atom. The molecule has 0 unspecified atom stereocenters. The second kappa shape index (κ2) is 7.82. The molecule has 2 aromatic carbocycles. The molecular formula is C21H24N2O. The molecule has 0 fully saturated rings. The van der Waals surface area contributed by atoms with Gasteiger partial charge in [0.05, 0.1) is 0 Å². The van der Waals surface area contributed by atoms with Crippen LogP contribution in [0.5, 0.6) is 0 Å².